The fourth-order valence-corrected chi connectivity index (χ4v) is 1.57. The summed E-state index contributed by atoms with van der Waals surface area (Å²) in [5.74, 6) is 0.705. The van der Waals surface area contributed by atoms with Crippen LogP contribution in [0.5, 0.6) is 0 Å². The van der Waals surface area contributed by atoms with Crippen molar-refractivity contribution in [3.05, 3.63) is 29.6 Å². The van der Waals surface area contributed by atoms with E-state index in [4.69, 9.17) is 15.9 Å². The summed E-state index contributed by atoms with van der Waals surface area (Å²) >= 11 is 0. The van der Waals surface area contributed by atoms with Crippen molar-refractivity contribution in [3.8, 4) is 0 Å². The second kappa shape index (κ2) is 7.01. The molecule has 1 aromatic rings. The molecule has 94 valence electrons. The summed E-state index contributed by atoms with van der Waals surface area (Å²) in [6.45, 7) is 5.62. The van der Waals surface area contributed by atoms with Crippen LogP contribution in [0.1, 0.15) is 37.9 Å². The fraction of sp³-hybridized carbons (Fsp3) is 0.538. The van der Waals surface area contributed by atoms with Gasteiger partial charge in [-0.15, -0.1) is 0 Å². The number of aromatic nitrogens is 1. The van der Waals surface area contributed by atoms with Crippen LogP contribution in [0.4, 0.5) is 0 Å². The van der Waals surface area contributed by atoms with Crippen LogP contribution >= 0.6 is 0 Å². The van der Waals surface area contributed by atoms with Gasteiger partial charge in [-0.25, -0.2) is 0 Å². The number of ether oxygens (including phenoxy) is 1. The summed E-state index contributed by atoms with van der Waals surface area (Å²) in [6.07, 6.45) is 3.87. The minimum atomic E-state index is -0.00798. The molecule has 0 unspecified atom stereocenters. The first kappa shape index (κ1) is 13.6. The van der Waals surface area contributed by atoms with Crippen LogP contribution in [0.2, 0.25) is 0 Å². The van der Waals surface area contributed by atoms with E-state index in [0.717, 1.165) is 18.6 Å². The second-order valence-electron chi connectivity index (χ2n) is 4.51. The predicted octanol–water partition coefficient (Wildman–Crippen LogP) is 2.32. The van der Waals surface area contributed by atoms with Crippen molar-refractivity contribution < 1.29 is 4.74 Å². The van der Waals surface area contributed by atoms with Crippen molar-refractivity contribution in [2.75, 3.05) is 6.61 Å². The maximum absolute atomic E-state index is 7.41. The number of rotatable bonds is 7. The smallest absolute Gasteiger partial charge is 0.142 e. The van der Waals surface area contributed by atoms with E-state index in [1.807, 2.05) is 12.1 Å². The van der Waals surface area contributed by atoms with Crippen LogP contribution in [-0.4, -0.2) is 17.4 Å². The Labute approximate surface area is 103 Å². The highest BCUT2D eigenvalue weighted by Gasteiger charge is 2.05. The Morgan fingerprint density at radius 3 is 2.94 bits per heavy atom. The molecule has 0 fully saturated rings. The van der Waals surface area contributed by atoms with Crippen LogP contribution < -0.4 is 5.73 Å². The summed E-state index contributed by atoms with van der Waals surface area (Å²) in [5, 5.41) is 7.41. The zero-order chi connectivity index (χ0) is 12.7. The highest BCUT2D eigenvalue weighted by molar-refractivity contribution is 5.94. The molecule has 0 aliphatic carbocycles. The molecule has 17 heavy (non-hydrogen) atoms. The molecule has 4 nitrogen and oxygen atoms in total. The van der Waals surface area contributed by atoms with Crippen molar-refractivity contribution in [3.63, 3.8) is 0 Å². The van der Waals surface area contributed by atoms with Gasteiger partial charge in [-0.05, 0) is 24.8 Å². The van der Waals surface area contributed by atoms with E-state index < -0.39 is 0 Å². The first-order chi connectivity index (χ1) is 8.11. The number of nitrogens with zero attached hydrogens (tertiary/aromatic N) is 1. The molecule has 0 amide bonds. The first-order valence-electron chi connectivity index (χ1n) is 5.97. The van der Waals surface area contributed by atoms with Gasteiger partial charge in [0.05, 0.1) is 6.61 Å². The molecule has 0 radical (unpaired) electrons. The third kappa shape index (κ3) is 4.95. The molecule has 1 heterocycles. The molecular weight excluding hydrogens is 214 g/mol. The maximum atomic E-state index is 7.41. The van der Waals surface area contributed by atoms with Gasteiger partial charge in [0, 0.05) is 18.4 Å². The Morgan fingerprint density at radius 1 is 1.53 bits per heavy atom. The van der Waals surface area contributed by atoms with E-state index in [9.17, 15) is 0 Å². The van der Waals surface area contributed by atoms with Gasteiger partial charge in [0.25, 0.3) is 0 Å². The van der Waals surface area contributed by atoms with E-state index in [-0.39, 0.29) is 5.84 Å². The molecule has 3 N–H and O–H groups in total. The molecule has 0 aliphatic heterocycles. The summed E-state index contributed by atoms with van der Waals surface area (Å²) in [4.78, 5) is 4.08. The van der Waals surface area contributed by atoms with Crippen LogP contribution in [0.25, 0.3) is 0 Å². The molecular formula is C13H21N3O. The van der Waals surface area contributed by atoms with Crippen LogP contribution in [-0.2, 0) is 11.3 Å². The predicted molar refractivity (Wildman–Crippen MR) is 69.0 cm³/mol. The van der Waals surface area contributed by atoms with Crippen molar-refractivity contribution in [1.82, 2.24) is 4.98 Å². The van der Waals surface area contributed by atoms with Gasteiger partial charge in [0.2, 0.25) is 0 Å². The lowest BCUT2D eigenvalue weighted by atomic mass is 10.1. The first-order valence-corrected chi connectivity index (χ1v) is 5.97. The normalized spacial score (nSPS) is 10.8. The topological polar surface area (TPSA) is 72.0 Å². The summed E-state index contributed by atoms with van der Waals surface area (Å²) < 4.78 is 5.57. The molecule has 0 bridgehead atoms. The molecule has 0 aromatic carbocycles. The molecule has 0 atom stereocenters. The number of nitrogen functional groups attached to an aromatic ring is 1. The average molecular weight is 235 g/mol. The van der Waals surface area contributed by atoms with Gasteiger partial charge in [0.1, 0.15) is 11.5 Å². The maximum Gasteiger partial charge on any atom is 0.142 e. The minimum absolute atomic E-state index is 0.00798. The molecule has 0 saturated heterocycles. The molecule has 0 saturated carbocycles. The lowest BCUT2D eigenvalue weighted by Gasteiger charge is -2.08. The van der Waals surface area contributed by atoms with E-state index in [1.165, 1.54) is 6.42 Å². The largest absolute Gasteiger partial charge is 0.382 e. The van der Waals surface area contributed by atoms with Crippen molar-refractivity contribution >= 4 is 5.84 Å². The van der Waals surface area contributed by atoms with E-state index in [2.05, 4.69) is 18.8 Å². The summed E-state index contributed by atoms with van der Waals surface area (Å²) in [6, 6.07) is 3.73. The standard InChI is InChI=1S/C13H21N3O/c1-10(2)5-4-8-17-9-11-6-3-7-16-12(11)13(14)15/h3,6-7,10H,4-5,8-9H2,1-2H3,(H3,14,15). The zero-order valence-electron chi connectivity index (χ0n) is 10.6. The monoisotopic (exact) mass is 235 g/mol. The van der Waals surface area contributed by atoms with Gasteiger partial charge < -0.3 is 10.5 Å². The Balaban J connectivity index is 2.39. The lowest BCUT2D eigenvalue weighted by molar-refractivity contribution is 0.114. The SMILES string of the molecule is CC(C)CCCOCc1cccnc1C(=N)N. The molecule has 0 aliphatic rings. The van der Waals surface area contributed by atoms with Gasteiger partial charge in [0.15, 0.2) is 0 Å². The van der Waals surface area contributed by atoms with E-state index in [1.54, 1.807) is 6.20 Å². The Morgan fingerprint density at radius 2 is 2.29 bits per heavy atom. The van der Waals surface area contributed by atoms with Crippen LogP contribution in [0.3, 0.4) is 0 Å². The highest BCUT2D eigenvalue weighted by atomic mass is 16.5. The van der Waals surface area contributed by atoms with Crippen molar-refractivity contribution in [2.24, 2.45) is 11.7 Å². The third-order valence-electron chi connectivity index (χ3n) is 2.47. The number of hydrogen-bond donors (Lipinski definition) is 2. The highest BCUT2D eigenvalue weighted by Crippen LogP contribution is 2.08. The zero-order valence-corrected chi connectivity index (χ0v) is 10.6. The lowest BCUT2D eigenvalue weighted by Crippen LogP contribution is -2.16. The molecule has 1 aromatic heterocycles. The Kier molecular flexibility index (Phi) is 5.63. The molecule has 4 heteroatoms. The van der Waals surface area contributed by atoms with Crippen LogP contribution in [0, 0.1) is 11.3 Å². The Bertz CT molecular complexity index is 363. The number of nitrogens with two attached hydrogens (primary N) is 1. The van der Waals surface area contributed by atoms with Crippen molar-refractivity contribution in [1.29, 1.82) is 5.41 Å². The number of amidine groups is 1. The van der Waals surface area contributed by atoms with E-state index in [0.29, 0.717) is 18.2 Å². The number of hydrogen-bond acceptors (Lipinski definition) is 3. The van der Waals surface area contributed by atoms with Gasteiger partial charge in [-0.1, -0.05) is 19.9 Å². The Hall–Kier alpha value is -1.42. The summed E-state index contributed by atoms with van der Waals surface area (Å²) in [5.41, 5.74) is 6.85. The average Bonchev–Trinajstić information content (AvgIpc) is 2.28. The number of nitrogens with one attached hydrogen (secondary N) is 1. The molecule has 0 spiro atoms. The van der Waals surface area contributed by atoms with Gasteiger partial charge >= 0.3 is 0 Å². The van der Waals surface area contributed by atoms with Gasteiger partial charge in [-0.2, -0.15) is 0 Å². The van der Waals surface area contributed by atoms with Crippen molar-refractivity contribution in [2.45, 2.75) is 33.3 Å². The van der Waals surface area contributed by atoms with Gasteiger partial charge in [-0.3, -0.25) is 10.4 Å². The number of pyridine rings is 1. The fourth-order valence-electron chi connectivity index (χ4n) is 1.57. The van der Waals surface area contributed by atoms with Crippen LogP contribution in [0.15, 0.2) is 18.3 Å². The minimum Gasteiger partial charge on any atom is -0.382 e. The third-order valence-corrected chi connectivity index (χ3v) is 2.47. The second-order valence-corrected chi connectivity index (χ2v) is 4.51. The van der Waals surface area contributed by atoms with E-state index >= 15 is 0 Å². The molecule has 1 rings (SSSR count). The quantitative estimate of drug-likeness (QED) is 0.433. The summed E-state index contributed by atoms with van der Waals surface area (Å²) in [7, 11) is 0.